The molecule has 1 aromatic carbocycles. The van der Waals surface area contributed by atoms with Gasteiger partial charge in [-0.05, 0) is 18.2 Å². The van der Waals surface area contributed by atoms with Crippen LogP contribution < -0.4 is 4.74 Å². The van der Waals surface area contributed by atoms with Gasteiger partial charge in [-0.2, -0.15) is 4.98 Å². The minimum absolute atomic E-state index is 0.0919. The van der Waals surface area contributed by atoms with Crippen LogP contribution in [0.4, 0.5) is 0 Å². The molecule has 0 unspecified atom stereocenters. The monoisotopic (exact) mass is 228 g/mol. The fourth-order valence-electron chi connectivity index (χ4n) is 0.881. The first-order valence-electron chi connectivity index (χ1n) is 3.70. The van der Waals surface area contributed by atoms with Crippen molar-refractivity contribution in [1.29, 1.82) is 0 Å². The van der Waals surface area contributed by atoms with E-state index in [9.17, 15) is 0 Å². The lowest BCUT2D eigenvalue weighted by molar-refractivity contribution is 0.331. The minimum Gasteiger partial charge on any atom is -0.417 e. The standard InChI is InChI=1S/C9H4Cl2NO2/c10-6-1-2-8(7(11)5-6)14-9-12-3-4-13-9/h1-2,4-5H. The van der Waals surface area contributed by atoms with Gasteiger partial charge in [0.25, 0.3) is 0 Å². The lowest BCUT2D eigenvalue weighted by atomic mass is 10.3. The SMILES string of the molecule is Clc1ccc(Oc2n[c]co2)c(Cl)c1. The Labute approximate surface area is 90.2 Å². The van der Waals surface area contributed by atoms with Gasteiger partial charge in [0.1, 0.15) is 12.5 Å². The number of oxazole rings is 1. The Hall–Kier alpha value is -1.19. The second-order valence-electron chi connectivity index (χ2n) is 2.42. The zero-order valence-electron chi connectivity index (χ0n) is 6.83. The molecule has 0 N–H and O–H groups in total. The van der Waals surface area contributed by atoms with Crippen LogP contribution in [0.2, 0.25) is 10.0 Å². The zero-order chi connectivity index (χ0) is 9.97. The van der Waals surface area contributed by atoms with Gasteiger partial charge in [-0.3, -0.25) is 0 Å². The number of halogens is 2. The van der Waals surface area contributed by atoms with E-state index in [0.29, 0.717) is 15.8 Å². The molecule has 5 heteroatoms. The van der Waals surface area contributed by atoms with Gasteiger partial charge in [0.15, 0.2) is 5.75 Å². The maximum Gasteiger partial charge on any atom is 0.399 e. The Morgan fingerprint density at radius 2 is 2.21 bits per heavy atom. The summed E-state index contributed by atoms with van der Waals surface area (Å²) in [7, 11) is 0. The lowest BCUT2D eigenvalue weighted by Crippen LogP contribution is -1.84. The highest BCUT2D eigenvalue weighted by Gasteiger charge is 2.06. The molecule has 0 aliphatic heterocycles. The van der Waals surface area contributed by atoms with Crippen molar-refractivity contribution >= 4 is 23.2 Å². The topological polar surface area (TPSA) is 35.3 Å². The second kappa shape index (κ2) is 3.90. The number of nitrogens with zero attached hydrogens (tertiary/aromatic N) is 1. The molecule has 0 spiro atoms. The molecule has 0 fully saturated rings. The van der Waals surface area contributed by atoms with Crippen molar-refractivity contribution in [3.8, 4) is 11.8 Å². The van der Waals surface area contributed by atoms with E-state index in [1.54, 1.807) is 18.2 Å². The predicted molar refractivity (Wildman–Crippen MR) is 51.9 cm³/mol. The van der Waals surface area contributed by atoms with Crippen LogP contribution in [0.25, 0.3) is 0 Å². The number of hydrogen-bond donors (Lipinski definition) is 0. The largest absolute Gasteiger partial charge is 0.417 e. The maximum absolute atomic E-state index is 5.86. The van der Waals surface area contributed by atoms with Gasteiger partial charge in [-0.1, -0.05) is 23.2 Å². The third-order valence-corrected chi connectivity index (χ3v) is 1.99. The third-order valence-electron chi connectivity index (χ3n) is 1.46. The highest BCUT2D eigenvalue weighted by atomic mass is 35.5. The highest BCUT2D eigenvalue weighted by molar-refractivity contribution is 6.35. The summed E-state index contributed by atoms with van der Waals surface area (Å²) < 4.78 is 10.0. The van der Waals surface area contributed by atoms with Gasteiger partial charge in [-0.25, -0.2) is 0 Å². The summed E-state index contributed by atoms with van der Waals surface area (Å²) in [6.07, 6.45) is 3.85. The molecule has 1 heterocycles. The summed E-state index contributed by atoms with van der Waals surface area (Å²) in [4.78, 5) is 3.67. The van der Waals surface area contributed by atoms with Gasteiger partial charge in [0.2, 0.25) is 0 Å². The maximum atomic E-state index is 5.86. The summed E-state index contributed by atoms with van der Waals surface area (Å²) in [6, 6.07) is 4.87. The van der Waals surface area contributed by atoms with Crippen molar-refractivity contribution in [2.75, 3.05) is 0 Å². The van der Waals surface area contributed by atoms with E-state index in [1.807, 2.05) is 0 Å². The molecule has 0 atom stereocenters. The fourth-order valence-corrected chi connectivity index (χ4v) is 1.33. The number of rotatable bonds is 2. The number of hydrogen-bond acceptors (Lipinski definition) is 3. The van der Waals surface area contributed by atoms with E-state index in [4.69, 9.17) is 32.4 Å². The van der Waals surface area contributed by atoms with Gasteiger partial charge < -0.3 is 9.15 Å². The van der Waals surface area contributed by atoms with Crippen LogP contribution in [0.5, 0.6) is 11.8 Å². The Morgan fingerprint density at radius 3 is 2.86 bits per heavy atom. The summed E-state index contributed by atoms with van der Waals surface area (Å²) in [5.41, 5.74) is 0. The first-order chi connectivity index (χ1) is 6.75. The molecular formula is C9H4Cl2NO2. The van der Waals surface area contributed by atoms with Crippen molar-refractivity contribution in [3.63, 3.8) is 0 Å². The molecule has 1 radical (unpaired) electrons. The summed E-state index contributed by atoms with van der Waals surface area (Å²) >= 11 is 11.6. The Bertz CT molecular complexity index is 428. The van der Waals surface area contributed by atoms with E-state index in [-0.39, 0.29) is 6.08 Å². The summed E-state index contributed by atoms with van der Waals surface area (Å²) in [6.45, 7) is 0. The number of ether oxygens (including phenoxy) is 1. The Morgan fingerprint density at radius 1 is 1.36 bits per heavy atom. The summed E-state index contributed by atoms with van der Waals surface area (Å²) in [5, 5.41) is 0.942. The van der Waals surface area contributed by atoms with Gasteiger partial charge >= 0.3 is 6.08 Å². The van der Waals surface area contributed by atoms with Crippen LogP contribution in [-0.2, 0) is 0 Å². The molecular weight excluding hydrogens is 225 g/mol. The van der Waals surface area contributed by atoms with Crippen LogP contribution in [0.1, 0.15) is 0 Å². The van der Waals surface area contributed by atoms with Crippen molar-refractivity contribution < 1.29 is 9.15 Å². The molecule has 14 heavy (non-hydrogen) atoms. The molecule has 0 aliphatic carbocycles. The van der Waals surface area contributed by atoms with Crippen molar-refractivity contribution in [2.24, 2.45) is 0 Å². The number of benzene rings is 1. The van der Waals surface area contributed by atoms with Crippen LogP contribution in [0, 0.1) is 6.20 Å². The van der Waals surface area contributed by atoms with Crippen molar-refractivity contribution in [2.45, 2.75) is 0 Å². The molecule has 2 rings (SSSR count). The third kappa shape index (κ3) is 2.00. The smallest absolute Gasteiger partial charge is 0.399 e. The van der Waals surface area contributed by atoms with Crippen LogP contribution in [-0.4, -0.2) is 4.98 Å². The normalized spacial score (nSPS) is 10.1. The second-order valence-corrected chi connectivity index (χ2v) is 3.26. The molecule has 0 amide bonds. The molecule has 2 aromatic rings. The first kappa shape index (κ1) is 9.37. The van der Waals surface area contributed by atoms with Gasteiger partial charge in [0, 0.05) is 5.02 Å². The minimum atomic E-state index is 0.0919. The van der Waals surface area contributed by atoms with Crippen molar-refractivity contribution in [3.05, 3.63) is 40.7 Å². The zero-order valence-corrected chi connectivity index (χ0v) is 8.34. The van der Waals surface area contributed by atoms with E-state index in [2.05, 4.69) is 11.2 Å². The molecule has 1 aromatic heterocycles. The lowest BCUT2D eigenvalue weighted by Gasteiger charge is -2.02. The van der Waals surface area contributed by atoms with E-state index < -0.39 is 0 Å². The van der Waals surface area contributed by atoms with Crippen LogP contribution in [0.3, 0.4) is 0 Å². The van der Waals surface area contributed by atoms with E-state index >= 15 is 0 Å². The highest BCUT2D eigenvalue weighted by Crippen LogP contribution is 2.30. The number of aromatic nitrogens is 1. The average molecular weight is 229 g/mol. The fraction of sp³-hybridized carbons (Fsp3) is 0. The van der Waals surface area contributed by atoms with E-state index in [1.165, 1.54) is 6.26 Å². The molecule has 0 saturated carbocycles. The Balaban J connectivity index is 2.25. The molecule has 0 bridgehead atoms. The summed E-state index contributed by atoms with van der Waals surface area (Å²) in [5.74, 6) is 0.437. The van der Waals surface area contributed by atoms with E-state index in [0.717, 1.165) is 0 Å². The molecule has 0 aliphatic rings. The van der Waals surface area contributed by atoms with Gasteiger partial charge in [-0.15, -0.1) is 0 Å². The van der Waals surface area contributed by atoms with Crippen molar-refractivity contribution in [1.82, 2.24) is 4.98 Å². The molecule has 3 nitrogen and oxygen atoms in total. The van der Waals surface area contributed by atoms with Crippen LogP contribution >= 0.6 is 23.2 Å². The molecule has 0 saturated heterocycles. The van der Waals surface area contributed by atoms with Gasteiger partial charge in [0.05, 0.1) is 5.02 Å². The first-order valence-corrected chi connectivity index (χ1v) is 4.46. The molecule has 71 valence electrons. The predicted octanol–water partition coefficient (Wildman–Crippen LogP) is 3.57. The van der Waals surface area contributed by atoms with Crippen LogP contribution in [0.15, 0.2) is 28.9 Å². The Kier molecular flexibility index (Phi) is 2.61. The average Bonchev–Trinajstić information content (AvgIpc) is 2.62. The quantitative estimate of drug-likeness (QED) is 0.789.